The van der Waals surface area contributed by atoms with Crippen molar-refractivity contribution in [1.82, 2.24) is 24.9 Å². The van der Waals surface area contributed by atoms with E-state index in [9.17, 15) is 13.2 Å². The Morgan fingerprint density at radius 3 is 2.46 bits per heavy atom. The molecule has 0 saturated heterocycles. The van der Waals surface area contributed by atoms with E-state index in [4.69, 9.17) is 5.14 Å². The van der Waals surface area contributed by atoms with E-state index in [2.05, 4.69) is 20.4 Å². The maximum Gasteiger partial charge on any atom is 0.291 e. The summed E-state index contributed by atoms with van der Waals surface area (Å²) in [5.74, 6) is -0.0763. The molecule has 3 N–H and O–H groups in total. The van der Waals surface area contributed by atoms with E-state index in [-0.39, 0.29) is 16.8 Å². The van der Waals surface area contributed by atoms with Crippen molar-refractivity contribution in [1.29, 1.82) is 0 Å². The molecule has 1 aromatic carbocycles. The van der Waals surface area contributed by atoms with Crippen LogP contribution in [-0.4, -0.2) is 33.9 Å². The number of hydrogen-bond acceptors (Lipinski definition) is 6. The van der Waals surface area contributed by atoms with Crippen molar-refractivity contribution in [3.8, 4) is 0 Å². The van der Waals surface area contributed by atoms with E-state index in [1.807, 2.05) is 19.9 Å². The van der Waals surface area contributed by atoms with Gasteiger partial charge in [0.1, 0.15) is 0 Å². The first-order valence-corrected chi connectivity index (χ1v) is 9.34. The van der Waals surface area contributed by atoms with Crippen LogP contribution in [0.3, 0.4) is 0 Å². The fraction of sp³-hybridized carbons (Fsp3) is 0.250. The second-order valence-electron chi connectivity index (χ2n) is 6.00. The number of benzene rings is 1. The van der Waals surface area contributed by atoms with Crippen LogP contribution < -0.4 is 10.5 Å². The quantitative estimate of drug-likeness (QED) is 0.696. The highest BCUT2D eigenvalue weighted by Crippen LogP contribution is 2.16. The van der Waals surface area contributed by atoms with Gasteiger partial charge in [0.15, 0.2) is 0 Å². The highest BCUT2D eigenvalue weighted by molar-refractivity contribution is 7.89. The van der Waals surface area contributed by atoms with Gasteiger partial charge in [0.25, 0.3) is 11.7 Å². The van der Waals surface area contributed by atoms with E-state index < -0.39 is 15.9 Å². The molecule has 10 heteroatoms. The van der Waals surface area contributed by atoms with Crippen LogP contribution in [0.4, 0.5) is 0 Å². The fourth-order valence-corrected chi connectivity index (χ4v) is 3.07. The molecule has 0 unspecified atom stereocenters. The number of fused-ring (bicyclic) bond motifs is 1. The zero-order chi connectivity index (χ0) is 19.1. The lowest BCUT2D eigenvalue weighted by atomic mass is 10.1. The summed E-state index contributed by atoms with van der Waals surface area (Å²) in [6.07, 6.45) is 0. The lowest BCUT2D eigenvalue weighted by Gasteiger charge is -2.13. The predicted octanol–water partition coefficient (Wildman–Crippen LogP) is 0.880. The summed E-state index contributed by atoms with van der Waals surface area (Å²) in [6.45, 7) is 5.47. The number of nitrogens with two attached hydrogens (primary N) is 1. The number of nitrogens with one attached hydrogen (secondary N) is 1. The molecule has 0 saturated carbocycles. The minimum Gasteiger partial charge on any atom is -0.343 e. The van der Waals surface area contributed by atoms with E-state index >= 15 is 0 Å². The summed E-state index contributed by atoms with van der Waals surface area (Å²) in [5.41, 5.74) is 2.34. The van der Waals surface area contributed by atoms with Crippen LogP contribution in [0.1, 0.15) is 40.5 Å². The van der Waals surface area contributed by atoms with Crippen LogP contribution in [-0.2, 0) is 10.0 Å². The zero-order valence-electron chi connectivity index (χ0n) is 14.5. The van der Waals surface area contributed by atoms with Crippen LogP contribution in [0.2, 0.25) is 0 Å². The predicted molar refractivity (Wildman–Crippen MR) is 94.0 cm³/mol. The summed E-state index contributed by atoms with van der Waals surface area (Å²) < 4.78 is 24.1. The zero-order valence-corrected chi connectivity index (χ0v) is 15.3. The molecule has 0 aliphatic heterocycles. The number of carbonyl (C=O) groups is 1. The van der Waals surface area contributed by atoms with Gasteiger partial charge in [0.05, 0.1) is 10.9 Å². The lowest BCUT2D eigenvalue weighted by molar-refractivity contribution is 0.0929. The number of sulfonamides is 1. The molecule has 1 amide bonds. The van der Waals surface area contributed by atoms with Crippen LogP contribution in [0.15, 0.2) is 35.2 Å². The summed E-state index contributed by atoms with van der Waals surface area (Å²) in [6, 6.07) is 7.45. The highest BCUT2D eigenvalue weighted by Gasteiger charge is 2.18. The average molecular weight is 374 g/mol. The molecule has 9 nitrogen and oxygen atoms in total. The van der Waals surface area contributed by atoms with Gasteiger partial charge in [-0.3, -0.25) is 4.79 Å². The second kappa shape index (κ2) is 6.46. The third-order valence-corrected chi connectivity index (χ3v) is 4.81. The van der Waals surface area contributed by atoms with Crippen LogP contribution in [0, 0.1) is 13.8 Å². The first kappa shape index (κ1) is 18.0. The molecule has 3 rings (SSSR count). The number of nitrogens with zero attached hydrogens (tertiary/aromatic N) is 4. The van der Waals surface area contributed by atoms with Gasteiger partial charge in [-0.15, -0.1) is 5.10 Å². The lowest BCUT2D eigenvalue weighted by Crippen LogP contribution is -2.27. The topological polar surface area (TPSA) is 132 Å². The second-order valence-corrected chi connectivity index (χ2v) is 7.56. The van der Waals surface area contributed by atoms with Gasteiger partial charge in [0, 0.05) is 11.4 Å². The molecule has 0 aliphatic carbocycles. The third kappa shape index (κ3) is 3.55. The van der Waals surface area contributed by atoms with Gasteiger partial charge < -0.3 is 5.32 Å². The maximum absolute atomic E-state index is 12.4. The van der Waals surface area contributed by atoms with Gasteiger partial charge in [-0.25, -0.2) is 23.1 Å². The Bertz CT molecular complexity index is 1090. The standard InChI is InChI=1S/C16H18N6O3S/c1-9-8-10(2)22-16(18-9)20-14(21-22)15(23)19-11(3)12-4-6-13(7-5-12)26(17,24)25/h4-8,11H,1-3H3,(H,19,23)(H2,17,24,25)/t11-/m1/s1. The van der Waals surface area contributed by atoms with Crippen LogP contribution in [0.25, 0.3) is 5.78 Å². The minimum absolute atomic E-state index is 0.0127. The smallest absolute Gasteiger partial charge is 0.291 e. The Morgan fingerprint density at radius 2 is 1.85 bits per heavy atom. The monoisotopic (exact) mass is 374 g/mol. The van der Waals surface area contributed by atoms with Crippen molar-refractivity contribution in [2.75, 3.05) is 0 Å². The molecular formula is C16H18N6O3S. The van der Waals surface area contributed by atoms with Crippen molar-refractivity contribution < 1.29 is 13.2 Å². The van der Waals surface area contributed by atoms with Crippen molar-refractivity contribution >= 4 is 21.7 Å². The molecule has 0 spiro atoms. The van der Waals surface area contributed by atoms with Crippen LogP contribution in [0.5, 0.6) is 0 Å². The van der Waals surface area contributed by atoms with Crippen molar-refractivity contribution in [2.45, 2.75) is 31.7 Å². The van der Waals surface area contributed by atoms with Gasteiger partial charge >= 0.3 is 0 Å². The van der Waals surface area contributed by atoms with Crippen molar-refractivity contribution in [2.24, 2.45) is 5.14 Å². The Morgan fingerprint density at radius 1 is 1.19 bits per heavy atom. The maximum atomic E-state index is 12.4. The minimum atomic E-state index is -3.75. The molecular weight excluding hydrogens is 356 g/mol. The van der Waals surface area contributed by atoms with E-state index in [0.717, 1.165) is 17.0 Å². The Hall–Kier alpha value is -2.85. The number of aromatic nitrogens is 4. The molecule has 1 atom stereocenters. The number of carbonyl (C=O) groups excluding carboxylic acids is 1. The van der Waals surface area contributed by atoms with E-state index in [0.29, 0.717) is 5.78 Å². The molecule has 0 radical (unpaired) electrons. The first-order valence-electron chi connectivity index (χ1n) is 7.80. The number of primary sulfonamides is 1. The Balaban J connectivity index is 1.80. The van der Waals surface area contributed by atoms with Crippen molar-refractivity contribution in [3.63, 3.8) is 0 Å². The Labute approximate surface area is 150 Å². The fourth-order valence-electron chi connectivity index (χ4n) is 2.55. The molecule has 3 aromatic rings. The number of aryl methyl sites for hydroxylation is 2. The van der Waals surface area contributed by atoms with Gasteiger partial charge in [0.2, 0.25) is 15.8 Å². The van der Waals surface area contributed by atoms with Crippen LogP contribution >= 0.6 is 0 Å². The molecule has 136 valence electrons. The summed E-state index contributed by atoms with van der Waals surface area (Å²) in [4.78, 5) is 20.9. The number of hydrogen-bond donors (Lipinski definition) is 2. The molecule has 0 fully saturated rings. The molecule has 2 aromatic heterocycles. The summed E-state index contributed by atoms with van der Waals surface area (Å²) in [7, 11) is -3.75. The number of rotatable bonds is 4. The average Bonchev–Trinajstić information content (AvgIpc) is 2.98. The summed E-state index contributed by atoms with van der Waals surface area (Å²) in [5, 5.41) is 12.0. The first-order chi connectivity index (χ1) is 12.1. The largest absolute Gasteiger partial charge is 0.343 e. The molecule has 0 bridgehead atoms. The van der Waals surface area contributed by atoms with Gasteiger partial charge in [-0.2, -0.15) is 4.98 Å². The normalized spacial score (nSPS) is 12.9. The Kier molecular flexibility index (Phi) is 4.46. The summed E-state index contributed by atoms with van der Waals surface area (Å²) >= 11 is 0. The van der Waals surface area contributed by atoms with Gasteiger partial charge in [-0.05, 0) is 44.5 Å². The third-order valence-electron chi connectivity index (χ3n) is 3.88. The molecule has 2 heterocycles. The highest BCUT2D eigenvalue weighted by atomic mass is 32.2. The molecule has 26 heavy (non-hydrogen) atoms. The SMILES string of the molecule is Cc1cc(C)n2nc(C(=O)N[C@H](C)c3ccc(S(N)(=O)=O)cc3)nc2n1. The van der Waals surface area contributed by atoms with E-state index in [1.165, 1.54) is 16.6 Å². The van der Waals surface area contributed by atoms with Crippen molar-refractivity contribution in [3.05, 3.63) is 53.1 Å². The van der Waals surface area contributed by atoms with Gasteiger partial charge in [-0.1, -0.05) is 12.1 Å². The van der Waals surface area contributed by atoms with E-state index in [1.54, 1.807) is 19.1 Å². The molecule has 0 aliphatic rings. The number of amides is 1.